The molecule has 28 heavy (non-hydrogen) atoms. The summed E-state index contributed by atoms with van der Waals surface area (Å²) in [5.74, 6) is 0.562. The summed E-state index contributed by atoms with van der Waals surface area (Å²) >= 11 is 0. The summed E-state index contributed by atoms with van der Waals surface area (Å²) in [6, 6.07) is 0. The van der Waals surface area contributed by atoms with Crippen molar-refractivity contribution in [3.63, 3.8) is 0 Å². The molecule has 4 aliphatic carbocycles. The molecule has 0 amide bonds. The molecule has 5 nitrogen and oxygen atoms in total. The second-order valence-corrected chi connectivity index (χ2v) is 10.6. The van der Waals surface area contributed by atoms with E-state index in [2.05, 4.69) is 13.8 Å². The van der Waals surface area contributed by atoms with Crippen LogP contribution in [0.1, 0.15) is 78.6 Å². The smallest absolute Gasteiger partial charge is 0.303 e. The van der Waals surface area contributed by atoms with Gasteiger partial charge < -0.3 is 14.9 Å². The van der Waals surface area contributed by atoms with Gasteiger partial charge in [-0.3, -0.25) is 9.59 Å². The maximum absolute atomic E-state index is 12.8. The molecule has 5 heteroatoms. The molecule has 0 aliphatic heterocycles. The molecule has 4 saturated carbocycles. The van der Waals surface area contributed by atoms with Crippen LogP contribution in [0.4, 0.5) is 0 Å². The predicted octanol–water partition coefficient (Wildman–Crippen LogP) is 3.25. The van der Waals surface area contributed by atoms with Crippen molar-refractivity contribution in [1.82, 2.24) is 0 Å². The third-order valence-corrected chi connectivity index (χ3v) is 9.63. The maximum Gasteiger partial charge on any atom is 0.303 e. The Hall–Kier alpha value is -0.940. The summed E-state index contributed by atoms with van der Waals surface area (Å²) in [5.41, 5.74) is -1.04. The van der Waals surface area contributed by atoms with Gasteiger partial charge in [-0.25, -0.2) is 0 Å². The van der Waals surface area contributed by atoms with Crippen LogP contribution in [0.5, 0.6) is 0 Å². The fourth-order valence-electron chi connectivity index (χ4n) is 7.99. The fourth-order valence-corrected chi connectivity index (χ4v) is 7.99. The van der Waals surface area contributed by atoms with Gasteiger partial charge >= 0.3 is 5.97 Å². The molecule has 8 atom stereocenters. The van der Waals surface area contributed by atoms with Gasteiger partial charge in [0.2, 0.25) is 0 Å². The third-order valence-electron chi connectivity index (χ3n) is 9.63. The lowest BCUT2D eigenvalue weighted by molar-refractivity contribution is -0.210. The van der Waals surface area contributed by atoms with Crippen LogP contribution in [-0.2, 0) is 14.3 Å². The minimum Gasteiger partial charge on any atom is -0.458 e. The van der Waals surface area contributed by atoms with E-state index in [-0.39, 0.29) is 35.7 Å². The standard InChI is InChI=1S/C23H36O5/c1-14(24)28-13-20(26)19-8-11-23(27)18-5-4-15-12-16(25)6-9-21(15,2)17(18)7-10-22(19,23)3/h15-19,25,27H,4-13H2,1-3H3/t15-,16-,17-,18+,19-,21+,22-,23+/m1/s1. The predicted molar refractivity (Wildman–Crippen MR) is 104 cm³/mol. The van der Waals surface area contributed by atoms with Crippen molar-refractivity contribution >= 4 is 11.8 Å². The van der Waals surface area contributed by atoms with Crippen molar-refractivity contribution in [2.75, 3.05) is 6.61 Å². The number of hydrogen-bond acceptors (Lipinski definition) is 5. The first-order chi connectivity index (χ1) is 13.1. The van der Waals surface area contributed by atoms with E-state index in [1.165, 1.54) is 6.92 Å². The zero-order valence-corrected chi connectivity index (χ0v) is 17.6. The van der Waals surface area contributed by atoms with Crippen LogP contribution in [0.3, 0.4) is 0 Å². The van der Waals surface area contributed by atoms with Gasteiger partial charge in [0.25, 0.3) is 0 Å². The Morgan fingerprint density at radius 3 is 2.46 bits per heavy atom. The van der Waals surface area contributed by atoms with Crippen LogP contribution in [0, 0.1) is 34.5 Å². The Balaban J connectivity index is 1.58. The number of aliphatic hydroxyl groups excluding tert-OH is 1. The molecule has 2 N–H and O–H groups in total. The molecule has 4 aliphatic rings. The number of ketones is 1. The van der Waals surface area contributed by atoms with Crippen LogP contribution in [-0.4, -0.2) is 40.3 Å². The Bertz CT molecular complexity index is 661. The zero-order chi connectivity index (χ0) is 20.3. The number of ether oxygens (including phenoxy) is 1. The molecule has 4 fully saturated rings. The summed E-state index contributed by atoms with van der Waals surface area (Å²) in [6.07, 6.45) is 7.97. The average molecular weight is 393 g/mol. The van der Waals surface area contributed by atoms with Gasteiger partial charge in [0.1, 0.15) is 6.61 Å². The topological polar surface area (TPSA) is 83.8 Å². The summed E-state index contributed by atoms with van der Waals surface area (Å²) in [6.45, 7) is 5.65. The van der Waals surface area contributed by atoms with E-state index in [0.29, 0.717) is 24.7 Å². The lowest BCUT2D eigenvalue weighted by Crippen LogP contribution is -2.62. The Morgan fingerprint density at radius 2 is 1.75 bits per heavy atom. The highest BCUT2D eigenvalue weighted by Crippen LogP contribution is 2.69. The van der Waals surface area contributed by atoms with E-state index >= 15 is 0 Å². The zero-order valence-electron chi connectivity index (χ0n) is 17.6. The Labute approximate surface area is 168 Å². The third kappa shape index (κ3) is 2.79. The molecular formula is C23H36O5. The van der Waals surface area contributed by atoms with Crippen LogP contribution < -0.4 is 0 Å². The van der Waals surface area contributed by atoms with Gasteiger partial charge in [-0.05, 0) is 81.0 Å². The second kappa shape index (κ2) is 6.80. The molecule has 4 rings (SSSR count). The molecule has 0 saturated heterocycles. The van der Waals surface area contributed by atoms with Crippen molar-refractivity contribution < 1.29 is 24.5 Å². The van der Waals surface area contributed by atoms with Crippen LogP contribution in [0.2, 0.25) is 0 Å². The lowest BCUT2D eigenvalue weighted by atomic mass is 9.43. The van der Waals surface area contributed by atoms with Gasteiger partial charge in [0.05, 0.1) is 11.7 Å². The maximum atomic E-state index is 12.8. The first-order valence-corrected chi connectivity index (χ1v) is 11.2. The van der Waals surface area contributed by atoms with Crippen molar-refractivity contribution in [2.24, 2.45) is 34.5 Å². The molecule has 0 aromatic rings. The number of aliphatic hydroxyl groups is 2. The highest BCUT2D eigenvalue weighted by atomic mass is 16.5. The monoisotopic (exact) mass is 392 g/mol. The highest BCUT2D eigenvalue weighted by molar-refractivity contribution is 5.85. The van der Waals surface area contributed by atoms with Crippen molar-refractivity contribution in [3.05, 3.63) is 0 Å². The average Bonchev–Trinajstić information content (AvgIpc) is 2.92. The number of carbonyl (C=O) groups is 2. The first kappa shape index (κ1) is 20.3. The van der Waals surface area contributed by atoms with Gasteiger partial charge in [0.15, 0.2) is 5.78 Å². The van der Waals surface area contributed by atoms with E-state index in [0.717, 1.165) is 44.9 Å². The van der Waals surface area contributed by atoms with Gasteiger partial charge in [-0.2, -0.15) is 0 Å². The summed E-state index contributed by atoms with van der Waals surface area (Å²) < 4.78 is 4.98. The summed E-state index contributed by atoms with van der Waals surface area (Å²) in [7, 11) is 0. The van der Waals surface area contributed by atoms with Crippen molar-refractivity contribution in [1.29, 1.82) is 0 Å². The van der Waals surface area contributed by atoms with Crippen molar-refractivity contribution in [3.8, 4) is 0 Å². The second-order valence-electron chi connectivity index (χ2n) is 10.6. The minimum absolute atomic E-state index is 0.0345. The number of hydrogen-bond donors (Lipinski definition) is 2. The largest absolute Gasteiger partial charge is 0.458 e. The number of rotatable bonds is 3. The number of esters is 1. The first-order valence-electron chi connectivity index (χ1n) is 11.2. The molecule has 0 aromatic heterocycles. The van der Waals surface area contributed by atoms with E-state index in [9.17, 15) is 19.8 Å². The Kier molecular flexibility index (Phi) is 4.94. The van der Waals surface area contributed by atoms with E-state index in [1.807, 2.05) is 0 Å². The summed E-state index contributed by atoms with van der Waals surface area (Å²) in [5, 5.41) is 22.2. The molecule has 0 bridgehead atoms. The van der Waals surface area contributed by atoms with Crippen LogP contribution in [0.15, 0.2) is 0 Å². The van der Waals surface area contributed by atoms with Gasteiger partial charge in [-0.1, -0.05) is 13.8 Å². The lowest BCUT2D eigenvalue weighted by Gasteiger charge is -2.63. The number of Topliss-reactive ketones (excluding diaryl/α,β-unsaturated/α-hetero) is 1. The van der Waals surface area contributed by atoms with Crippen LogP contribution >= 0.6 is 0 Å². The molecule has 0 aromatic carbocycles. The van der Waals surface area contributed by atoms with Crippen LogP contribution in [0.25, 0.3) is 0 Å². The molecule has 0 unspecified atom stereocenters. The highest BCUT2D eigenvalue weighted by Gasteiger charge is 2.68. The van der Waals surface area contributed by atoms with Crippen molar-refractivity contribution in [2.45, 2.75) is 90.3 Å². The van der Waals surface area contributed by atoms with Gasteiger partial charge in [0, 0.05) is 18.3 Å². The summed E-state index contributed by atoms with van der Waals surface area (Å²) in [4.78, 5) is 24.0. The SMILES string of the molecule is CC(=O)OCC(=O)[C@H]1CC[C@]2(O)[C@H]3CC[C@@H]4C[C@H](O)CC[C@]4(C)[C@@H]3CC[C@]12C. The van der Waals surface area contributed by atoms with E-state index in [4.69, 9.17) is 4.74 Å². The number of fused-ring (bicyclic) bond motifs is 5. The fraction of sp³-hybridized carbons (Fsp3) is 0.913. The molecule has 0 radical (unpaired) electrons. The molecule has 0 spiro atoms. The van der Waals surface area contributed by atoms with E-state index < -0.39 is 17.0 Å². The minimum atomic E-state index is -0.809. The normalized spacial score (nSPS) is 50.2. The van der Waals surface area contributed by atoms with E-state index in [1.54, 1.807) is 0 Å². The quantitative estimate of drug-likeness (QED) is 0.720. The molecular weight excluding hydrogens is 356 g/mol. The van der Waals surface area contributed by atoms with Gasteiger partial charge in [-0.15, -0.1) is 0 Å². The number of carbonyl (C=O) groups excluding carboxylic acids is 2. The molecule has 0 heterocycles. The molecule has 158 valence electrons. The Morgan fingerprint density at radius 1 is 1.00 bits per heavy atom.